The van der Waals surface area contributed by atoms with Crippen molar-refractivity contribution in [3.8, 4) is 0 Å². The number of carbonyl (C=O) groups excluding carboxylic acids is 1. The van der Waals surface area contributed by atoms with E-state index in [1.54, 1.807) is 6.20 Å². The average Bonchev–Trinajstić information content (AvgIpc) is 2.46. The van der Waals surface area contributed by atoms with Crippen molar-refractivity contribution in [3.63, 3.8) is 0 Å². The van der Waals surface area contributed by atoms with Crippen LogP contribution in [0.1, 0.15) is 21.6 Å². The van der Waals surface area contributed by atoms with E-state index in [-0.39, 0.29) is 0 Å². The number of esters is 1. The molecule has 0 spiro atoms. The molecule has 6 heteroatoms. The molecule has 0 aromatic carbocycles. The summed E-state index contributed by atoms with van der Waals surface area (Å²) in [6.45, 7) is 2.44. The average molecular weight is 272 g/mol. The van der Waals surface area contributed by atoms with Gasteiger partial charge < -0.3 is 15.8 Å². The highest BCUT2D eigenvalue weighted by Crippen LogP contribution is 2.17. The number of nitrogens with one attached hydrogen (secondary N) is 1. The smallest absolute Gasteiger partial charge is 0.341 e. The highest BCUT2D eigenvalue weighted by molar-refractivity contribution is 5.95. The van der Waals surface area contributed by atoms with E-state index in [1.807, 2.05) is 19.1 Å². The summed E-state index contributed by atoms with van der Waals surface area (Å²) in [5.74, 6) is -0.0545. The van der Waals surface area contributed by atoms with Gasteiger partial charge in [0.25, 0.3) is 0 Å². The van der Waals surface area contributed by atoms with E-state index < -0.39 is 5.97 Å². The first kappa shape index (κ1) is 13.8. The minimum Gasteiger partial charge on any atom is -0.465 e. The summed E-state index contributed by atoms with van der Waals surface area (Å²) in [4.78, 5) is 20.1. The van der Waals surface area contributed by atoms with Crippen LogP contribution in [0.4, 0.5) is 11.5 Å². The van der Waals surface area contributed by atoms with Crippen molar-refractivity contribution in [2.75, 3.05) is 18.2 Å². The molecule has 2 rings (SSSR count). The molecule has 0 aliphatic carbocycles. The molecule has 0 unspecified atom stereocenters. The van der Waals surface area contributed by atoms with Crippen molar-refractivity contribution >= 4 is 17.5 Å². The minimum absolute atomic E-state index is 0.307. The number of hydrogen-bond donors (Lipinski definition) is 2. The number of nitrogens with zero attached hydrogens (tertiary/aromatic N) is 2. The molecule has 0 aliphatic heterocycles. The molecule has 2 aromatic heterocycles. The van der Waals surface area contributed by atoms with Crippen LogP contribution in [0.5, 0.6) is 0 Å². The number of ether oxygens (including phenoxy) is 1. The standard InChI is InChI=1S/C14H16N4O2/c1-9-4-3-5-16-12(9)8-18-13-11(14(19)20-2)6-10(15)7-17-13/h3-7H,8,15H2,1-2H3,(H,17,18). The molecule has 2 heterocycles. The van der Waals surface area contributed by atoms with Gasteiger partial charge >= 0.3 is 5.97 Å². The summed E-state index contributed by atoms with van der Waals surface area (Å²) in [5, 5.41) is 3.08. The Hall–Kier alpha value is -2.63. The van der Waals surface area contributed by atoms with Gasteiger partial charge in [-0.1, -0.05) is 6.07 Å². The van der Waals surface area contributed by atoms with Crippen LogP contribution in [0.25, 0.3) is 0 Å². The van der Waals surface area contributed by atoms with Crippen LogP contribution in [-0.4, -0.2) is 23.0 Å². The molecule has 0 atom stereocenters. The molecule has 6 nitrogen and oxygen atoms in total. The number of pyridine rings is 2. The molecule has 0 saturated heterocycles. The Morgan fingerprint density at radius 3 is 2.95 bits per heavy atom. The Balaban J connectivity index is 2.21. The topological polar surface area (TPSA) is 90.1 Å². The second-order valence-electron chi connectivity index (χ2n) is 4.28. The Morgan fingerprint density at radius 2 is 2.25 bits per heavy atom. The lowest BCUT2D eigenvalue weighted by atomic mass is 10.2. The van der Waals surface area contributed by atoms with Crippen LogP contribution in [0.15, 0.2) is 30.6 Å². The predicted octanol–water partition coefficient (Wildman–Crippen LogP) is 1.77. The minimum atomic E-state index is -0.481. The van der Waals surface area contributed by atoms with Crippen molar-refractivity contribution in [2.45, 2.75) is 13.5 Å². The largest absolute Gasteiger partial charge is 0.465 e. The van der Waals surface area contributed by atoms with Gasteiger partial charge in [-0.2, -0.15) is 0 Å². The molecular weight excluding hydrogens is 256 g/mol. The SMILES string of the molecule is COC(=O)c1cc(N)cnc1NCc1ncccc1C. The highest BCUT2D eigenvalue weighted by Gasteiger charge is 2.14. The summed E-state index contributed by atoms with van der Waals surface area (Å²) in [7, 11) is 1.32. The van der Waals surface area contributed by atoms with Crippen molar-refractivity contribution in [2.24, 2.45) is 0 Å². The fourth-order valence-electron chi connectivity index (χ4n) is 1.76. The van der Waals surface area contributed by atoms with E-state index in [9.17, 15) is 4.79 Å². The van der Waals surface area contributed by atoms with E-state index in [0.717, 1.165) is 11.3 Å². The van der Waals surface area contributed by atoms with Crippen LogP contribution >= 0.6 is 0 Å². The Morgan fingerprint density at radius 1 is 1.45 bits per heavy atom. The lowest BCUT2D eigenvalue weighted by Gasteiger charge is -2.11. The summed E-state index contributed by atoms with van der Waals surface area (Å²) < 4.78 is 4.72. The zero-order valence-corrected chi connectivity index (χ0v) is 11.4. The Bertz CT molecular complexity index is 628. The molecule has 3 N–H and O–H groups in total. The summed E-state index contributed by atoms with van der Waals surface area (Å²) in [6.07, 6.45) is 3.21. The van der Waals surface area contributed by atoms with E-state index in [4.69, 9.17) is 10.5 Å². The molecule has 0 amide bonds. The molecule has 0 radical (unpaired) electrons. The van der Waals surface area contributed by atoms with Crippen LogP contribution in [0.3, 0.4) is 0 Å². The maximum Gasteiger partial charge on any atom is 0.341 e. The normalized spacial score (nSPS) is 10.1. The molecule has 2 aromatic rings. The number of carbonyl (C=O) groups is 1. The predicted molar refractivity (Wildman–Crippen MR) is 76.3 cm³/mol. The van der Waals surface area contributed by atoms with Crippen molar-refractivity contribution in [1.82, 2.24) is 9.97 Å². The Labute approximate surface area is 117 Å². The van der Waals surface area contributed by atoms with Crippen molar-refractivity contribution in [3.05, 3.63) is 47.4 Å². The van der Waals surface area contributed by atoms with Crippen LogP contribution < -0.4 is 11.1 Å². The van der Waals surface area contributed by atoms with Gasteiger partial charge in [0.05, 0.1) is 31.2 Å². The Kier molecular flexibility index (Phi) is 4.14. The third-order valence-electron chi connectivity index (χ3n) is 2.86. The lowest BCUT2D eigenvalue weighted by Crippen LogP contribution is -2.11. The van der Waals surface area contributed by atoms with Crippen LogP contribution in [0.2, 0.25) is 0 Å². The van der Waals surface area contributed by atoms with Gasteiger partial charge in [0, 0.05) is 6.20 Å². The number of nitrogen functional groups attached to an aromatic ring is 1. The second kappa shape index (κ2) is 6.01. The fourth-order valence-corrected chi connectivity index (χ4v) is 1.76. The zero-order valence-electron chi connectivity index (χ0n) is 11.4. The van der Waals surface area contributed by atoms with Gasteiger partial charge in [0.2, 0.25) is 0 Å². The number of rotatable bonds is 4. The number of methoxy groups -OCH3 is 1. The molecule has 0 aliphatic rings. The van der Waals surface area contributed by atoms with Crippen LogP contribution in [-0.2, 0) is 11.3 Å². The second-order valence-corrected chi connectivity index (χ2v) is 4.28. The number of aryl methyl sites for hydroxylation is 1. The maximum absolute atomic E-state index is 11.7. The van der Waals surface area contributed by atoms with Crippen molar-refractivity contribution < 1.29 is 9.53 Å². The summed E-state index contributed by atoms with van der Waals surface area (Å²) >= 11 is 0. The van der Waals surface area contributed by atoms with Gasteiger partial charge in [-0.15, -0.1) is 0 Å². The highest BCUT2D eigenvalue weighted by atomic mass is 16.5. The fraction of sp³-hybridized carbons (Fsp3) is 0.214. The first-order valence-corrected chi connectivity index (χ1v) is 6.10. The van der Waals surface area contributed by atoms with Gasteiger partial charge in [-0.25, -0.2) is 9.78 Å². The molecule has 0 fully saturated rings. The molecule has 104 valence electrons. The third-order valence-corrected chi connectivity index (χ3v) is 2.86. The van der Waals surface area contributed by atoms with Crippen molar-refractivity contribution in [1.29, 1.82) is 0 Å². The molecule has 0 bridgehead atoms. The van der Waals surface area contributed by atoms with E-state index in [2.05, 4.69) is 15.3 Å². The van der Waals surface area contributed by atoms with Crippen LogP contribution in [0, 0.1) is 6.92 Å². The number of hydrogen-bond acceptors (Lipinski definition) is 6. The van der Waals surface area contributed by atoms with Gasteiger partial charge in [-0.05, 0) is 24.6 Å². The van der Waals surface area contributed by atoms with E-state index in [1.165, 1.54) is 19.4 Å². The number of aromatic nitrogens is 2. The number of nitrogens with two attached hydrogens (primary N) is 1. The van der Waals surface area contributed by atoms with Gasteiger partial charge in [0.15, 0.2) is 0 Å². The molecule has 0 saturated carbocycles. The third kappa shape index (κ3) is 3.03. The number of anilines is 2. The first-order valence-electron chi connectivity index (χ1n) is 6.10. The van der Waals surface area contributed by atoms with E-state index >= 15 is 0 Å². The monoisotopic (exact) mass is 272 g/mol. The quantitative estimate of drug-likeness (QED) is 0.824. The molecule has 20 heavy (non-hydrogen) atoms. The molecular formula is C14H16N4O2. The summed E-state index contributed by atoms with van der Waals surface area (Å²) in [6, 6.07) is 5.38. The zero-order chi connectivity index (χ0) is 14.5. The van der Waals surface area contributed by atoms with Gasteiger partial charge in [0.1, 0.15) is 11.4 Å². The van der Waals surface area contributed by atoms with Gasteiger partial charge in [-0.3, -0.25) is 4.98 Å². The van der Waals surface area contributed by atoms with E-state index in [0.29, 0.717) is 23.6 Å². The maximum atomic E-state index is 11.7. The lowest BCUT2D eigenvalue weighted by molar-refractivity contribution is 0.0601. The first-order chi connectivity index (χ1) is 9.61. The summed E-state index contributed by atoms with van der Waals surface area (Å²) in [5.41, 5.74) is 8.31.